The fourth-order valence-electron chi connectivity index (χ4n) is 0.733. The molecule has 0 heterocycles. The van der Waals surface area contributed by atoms with Crippen molar-refractivity contribution < 1.29 is 48.6 Å². The first-order chi connectivity index (χ1) is 5.91. The third-order valence-electron chi connectivity index (χ3n) is 1.07. The smallest absolute Gasteiger partial charge is 0.549 e. The van der Waals surface area contributed by atoms with Crippen molar-refractivity contribution in [1.82, 2.24) is 4.90 Å². The minimum atomic E-state index is -1.51. The molecule has 0 saturated carbocycles. The molecule has 0 aromatic heterocycles. The summed E-state index contributed by atoms with van der Waals surface area (Å²) in [4.78, 5) is 31.0. The van der Waals surface area contributed by atoms with Crippen molar-refractivity contribution in [1.29, 1.82) is 0 Å². The van der Waals surface area contributed by atoms with E-state index < -0.39 is 37.5 Å². The first-order valence-corrected chi connectivity index (χ1v) is 3.27. The maximum Gasteiger partial charge on any atom is 1.00 e. The average Bonchev–Trinajstić information content (AvgIpc) is 1.80. The summed E-state index contributed by atoms with van der Waals surface area (Å²) in [6.07, 6.45) is 0. The number of nitrogens with zero attached hydrogens (tertiary/aromatic N) is 1. The summed E-state index contributed by atoms with van der Waals surface area (Å²) in [5, 5.41) is 26.6. The molecule has 2 N–H and O–H groups in total. The van der Waals surface area contributed by atoms with Crippen molar-refractivity contribution in [3.05, 3.63) is 0 Å². The van der Waals surface area contributed by atoms with Gasteiger partial charge in [0.05, 0.1) is 19.1 Å². The van der Waals surface area contributed by atoms with Gasteiger partial charge in [-0.25, -0.2) is 0 Å². The number of carboxylic acids is 3. The standard InChI is InChI=1S/C6H9NO6.Li/c8-4(9)1-7(2-5(10)11)3-6(12)13;/h1-3H2,(H,8,9)(H,10,11)(H,12,13);/q;+1/p-1. The van der Waals surface area contributed by atoms with E-state index in [9.17, 15) is 19.5 Å². The monoisotopic (exact) mass is 197 g/mol. The average molecular weight is 197 g/mol. The second kappa shape index (κ2) is 7.38. The van der Waals surface area contributed by atoms with E-state index in [1.54, 1.807) is 0 Å². The van der Waals surface area contributed by atoms with Gasteiger partial charge >= 0.3 is 30.8 Å². The van der Waals surface area contributed by atoms with Gasteiger partial charge in [-0.3, -0.25) is 14.5 Å². The zero-order valence-electron chi connectivity index (χ0n) is 7.60. The molecular formula is C6H8LiNO6. The molecule has 0 amide bonds. The van der Waals surface area contributed by atoms with Crippen LogP contribution in [-0.2, 0) is 14.4 Å². The molecule has 0 aliphatic rings. The van der Waals surface area contributed by atoms with Crippen LogP contribution in [0.2, 0.25) is 0 Å². The maximum absolute atomic E-state index is 10.1. The van der Waals surface area contributed by atoms with Crippen molar-refractivity contribution in [2.24, 2.45) is 0 Å². The van der Waals surface area contributed by atoms with Gasteiger partial charge in [0.2, 0.25) is 0 Å². The Labute approximate surface area is 91.5 Å². The molecule has 14 heavy (non-hydrogen) atoms. The molecule has 0 atom stereocenters. The van der Waals surface area contributed by atoms with Crippen molar-refractivity contribution in [2.45, 2.75) is 0 Å². The Kier molecular flexibility index (Phi) is 8.14. The maximum atomic E-state index is 10.1. The van der Waals surface area contributed by atoms with E-state index in [4.69, 9.17) is 10.2 Å². The molecule has 8 heteroatoms. The second-order valence-corrected chi connectivity index (χ2v) is 2.30. The van der Waals surface area contributed by atoms with Crippen LogP contribution in [0, 0.1) is 0 Å². The van der Waals surface area contributed by atoms with Gasteiger partial charge in [0.1, 0.15) is 0 Å². The number of carbonyl (C=O) groups is 3. The zero-order valence-corrected chi connectivity index (χ0v) is 7.60. The molecule has 0 aliphatic heterocycles. The van der Waals surface area contributed by atoms with Crippen LogP contribution in [-0.4, -0.2) is 52.7 Å². The number of carbonyl (C=O) groups excluding carboxylic acids is 1. The van der Waals surface area contributed by atoms with Gasteiger partial charge < -0.3 is 20.1 Å². The summed E-state index contributed by atoms with van der Waals surface area (Å²) >= 11 is 0. The Morgan fingerprint density at radius 1 is 1.00 bits per heavy atom. The van der Waals surface area contributed by atoms with Gasteiger partial charge in [0.15, 0.2) is 0 Å². The summed E-state index contributed by atoms with van der Waals surface area (Å²) in [5.41, 5.74) is 0. The third-order valence-corrected chi connectivity index (χ3v) is 1.07. The van der Waals surface area contributed by atoms with Crippen molar-refractivity contribution in [3.8, 4) is 0 Å². The SMILES string of the molecule is O=C([O-])CN(CC(=O)O)CC(=O)O.[Li+]. The molecule has 0 unspecified atom stereocenters. The van der Waals surface area contributed by atoms with Gasteiger partial charge in [0.25, 0.3) is 0 Å². The van der Waals surface area contributed by atoms with E-state index in [2.05, 4.69) is 0 Å². The fraction of sp³-hybridized carbons (Fsp3) is 0.500. The molecule has 0 radical (unpaired) electrons. The van der Waals surface area contributed by atoms with Crippen LogP contribution in [0.25, 0.3) is 0 Å². The van der Waals surface area contributed by atoms with E-state index in [0.29, 0.717) is 0 Å². The molecule has 74 valence electrons. The summed E-state index contributed by atoms with van der Waals surface area (Å²) < 4.78 is 0. The first-order valence-electron chi connectivity index (χ1n) is 3.27. The second-order valence-electron chi connectivity index (χ2n) is 2.30. The van der Waals surface area contributed by atoms with Gasteiger partial charge in [-0.15, -0.1) is 0 Å². The van der Waals surface area contributed by atoms with Crippen molar-refractivity contribution in [3.63, 3.8) is 0 Å². The molecule has 0 saturated heterocycles. The number of carboxylic acid groups (broad SMARTS) is 3. The Bertz CT molecular complexity index is 192. The van der Waals surface area contributed by atoms with E-state index in [0.717, 1.165) is 4.90 Å². The van der Waals surface area contributed by atoms with Crippen LogP contribution in [0.5, 0.6) is 0 Å². The molecule has 0 aromatic rings. The predicted molar refractivity (Wildman–Crippen MR) is 36.7 cm³/mol. The van der Waals surface area contributed by atoms with Crippen LogP contribution >= 0.6 is 0 Å². The number of aliphatic carboxylic acids is 3. The van der Waals surface area contributed by atoms with Gasteiger partial charge in [-0.2, -0.15) is 0 Å². The molecule has 0 rings (SSSR count). The molecule has 0 aromatic carbocycles. The minimum Gasteiger partial charge on any atom is -0.549 e. The van der Waals surface area contributed by atoms with E-state index >= 15 is 0 Å². The van der Waals surface area contributed by atoms with E-state index in [1.807, 2.05) is 0 Å². The third kappa shape index (κ3) is 9.06. The zero-order chi connectivity index (χ0) is 10.4. The quantitative estimate of drug-likeness (QED) is 0.407. The minimum absolute atomic E-state index is 0. The predicted octanol–water partition coefficient (Wildman–Crippen LogP) is -5.79. The summed E-state index contributed by atoms with van der Waals surface area (Å²) in [6, 6.07) is 0. The Morgan fingerprint density at radius 2 is 1.36 bits per heavy atom. The molecular weight excluding hydrogens is 189 g/mol. The molecule has 0 fully saturated rings. The van der Waals surface area contributed by atoms with Crippen LogP contribution in [0.4, 0.5) is 0 Å². The number of hydrogen-bond acceptors (Lipinski definition) is 5. The van der Waals surface area contributed by atoms with Gasteiger partial charge in [-0.1, -0.05) is 0 Å². The molecule has 0 aliphatic carbocycles. The van der Waals surface area contributed by atoms with Crippen LogP contribution in [0.3, 0.4) is 0 Å². The topological polar surface area (TPSA) is 118 Å². The van der Waals surface area contributed by atoms with Gasteiger partial charge in [-0.05, 0) is 0 Å². The number of rotatable bonds is 6. The van der Waals surface area contributed by atoms with Crippen molar-refractivity contribution >= 4 is 17.9 Å². The fourth-order valence-corrected chi connectivity index (χ4v) is 0.733. The summed E-state index contributed by atoms with van der Waals surface area (Å²) in [5.74, 6) is -4.09. The number of hydrogen-bond donors (Lipinski definition) is 2. The molecule has 0 spiro atoms. The summed E-state index contributed by atoms with van der Waals surface area (Å²) in [7, 11) is 0. The largest absolute Gasteiger partial charge is 1.00 e. The van der Waals surface area contributed by atoms with E-state index in [1.165, 1.54) is 0 Å². The first kappa shape index (κ1) is 15.4. The van der Waals surface area contributed by atoms with Crippen LogP contribution < -0.4 is 24.0 Å². The Hall–Kier alpha value is -1.03. The molecule has 7 nitrogen and oxygen atoms in total. The van der Waals surface area contributed by atoms with Crippen LogP contribution in [0.15, 0.2) is 0 Å². The summed E-state index contributed by atoms with van der Waals surface area (Å²) in [6.45, 7) is -1.99. The Balaban J connectivity index is 0. The van der Waals surface area contributed by atoms with E-state index in [-0.39, 0.29) is 18.9 Å². The molecule has 0 bridgehead atoms. The van der Waals surface area contributed by atoms with Crippen LogP contribution in [0.1, 0.15) is 0 Å². The normalized spacial score (nSPS) is 9.21. The van der Waals surface area contributed by atoms with Crippen molar-refractivity contribution in [2.75, 3.05) is 19.6 Å². The Morgan fingerprint density at radius 3 is 1.57 bits per heavy atom. The van der Waals surface area contributed by atoms with Gasteiger partial charge in [0, 0.05) is 6.54 Å².